The number of hydrogen-bond donors (Lipinski definition) is 3. The van der Waals surface area contributed by atoms with Crippen LogP contribution in [0.25, 0.3) is 0 Å². The Morgan fingerprint density at radius 1 is 1.28 bits per heavy atom. The normalized spacial score (nSPS) is 13.8. The summed E-state index contributed by atoms with van der Waals surface area (Å²) in [5.41, 5.74) is 0.522. The van der Waals surface area contributed by atoms with Gasteiger partial charge in [-0.25, -0.2) is 4.79 Å². The van der Waals surface area contributed by atoms with Gasteiger partial charge in [-0.1, -0.05) is 23.2 Å². The molecule has 0 aliphatic rings. The Morgan fingerprint density at radius 2 is 1.83 bits per heavy atom. The highest BCUT2D eigenvalue weighted by Crippen LogP contribution is 2.22. The van der Waals surface area contributed by atoms with Gasteiger partial charge < -0.3 is 15.7 Å². The predicted octanol–water partition coefficient (Wildman–Crippen LogP) is 3.27. The molecule has 18 heavy (non-hydrogen) atoms. The van der Waals surface area contributed by atoms with E-state index in [0.29, 0.717) is 22.2 Å². The first-order chi connectivity index (χ1) is 8.36. The van der Waals surface area contributed by atoms with Crippen LogP contribution in [0, 0.1) is 0 Å². The Hall–Kier alpha value is -0.970. The molecule has 2 unspecified atom stereocenters. The first-order valence-electron chi connectivity index (χ1n) is 5.58. The number of hydrogen-bond acceptors (Lipinski definition) is 2. The minimum Gasteiger partial charge on any atom is -0.393 e. The largest absolute Gasteiger partial charge is 0.393 e. The minimum absolute atomic E-state index is 0.125. The highest BCUT2D eigenvalue weighted by atomic mass is 35.5. The molecule has 1 aromatic carbocycles. The molecule has 1 aromatic rings. The molecule has 100 valence electrons. The fourth-order valence-electron chi connectivity index (χ4n) is 1.59. The number of aliphatic hydroxyl groups excluding tert-OH is 1. The number of rotatable bonds is 4. The number of anilines is 1. The summed E-state index contributed by atoms with van der Waals surface area (Å²) in [7, 11) is 0. The van der Waals surface area contributed by atoms with E-state index in [1.807, 2.05) is 6.92 Å². The molecule has 0 radical (unpaired) electrons. The third kappa shape index (κ3) is 5.58. The van der Waals surface area contributed by atoms with Crippen LogP contribution in [0.2, 0.25) is 10.0 Å². The lowest BCUT2D eigenvalue weighted by Crippen LogP contribution is -2.37. The Kier molecular flexibility index (Phi) is 5.72. The van der Waals surface area contributed by atoms with Crippen molar-refractivity contribution in [2.24, 2.45) is 0 Å². The lowest BCUT2D eigenvalue weighted by atomic mass is 10.2. The number of carbonyl (C=O) groups is 1. The zero-order valence-corrected chi connectivity index (χ0v) is 11.7. The summed E-state index contributed by atoms with van der Waals surface area (Å²) in [5.74, 6) is 0. The van der Waals surface area contributed by atoms with Gasteiger partial charge in [0.15, 0.2) is 0 Å². The average molecular weight is 291 g/mol. The predicted molar refractivity (Wildman–Crippen MR) is 74.4 cm³/mol. The van der Waals surface area contributed by atoms with Crippen molar-refractivity contribution in [1.82, 2.24) is 5.32 Å². The Balaban J connectivity index is 2.54. The highest BCUT2D eigenvalue weighted by molar-refractivity contribution is 6.35. The van der Waals surface area contributed by atoms with Crippen LogP contribution < -0.4 is 10.6 Å². The van der Waals surface area contributed by atoms with Crippen LogP contribution in [-0.2, 0) is 0 Å². The molecule has 1 rings (SSSR count). The second-order valence-corrected chi connectivity index (χ2v) is 5.12. The Morgan fingerprint density at radius 3 is 2.33 bits per heavy atom. The summed E-state index contributed by atoms with van der Waals surface area (Å²) in [6, 6.07) is 4.31. The molecule has 0 heterocycles. The van der Waals surface area contributed by atoms with Crippen LogP contribution in [0.5, 0.6) is 0 Å². The second-order valence-electron chi connectivity index (χ2n) is 4.24. The van der Waals surface area contributed by atoms with E-state index < -0.39 is 6.10 Å². The molecule has 3 N–H and O–H groups in total. The van der Waals surface area contributed by atoms with Crippen molar-refractivity contribution in [1.29, 1.82) is 0 Å². The molecule has 0 aliphatic heterocycles. The van der Waals surface area contributed by atoms with E-state index in [-0.39, 0.29) is 12.1 Å². The van der Waals surface area contributed by atoms with Gasteiger partial charge in [-0.15, -0.1) is 0 Å². The smallest absolute Gasteiger partial charge is 0.319 e. The fraction of sp³-hybridized carbons (Fsp3) is 0.417. The Labute approximate surface area is 116 Å². The summed E-state index contributed by atoms with van der Waals surface area (Å²) in [6.45, 7) is 3.49. The van der Waals surface area contributed by atoms with E-state index in [4.69, 9.17) is 23.2 Å². The van der Waals surface area contributed by atoms with Crippen molar-refractivity contribution in [3.8, 4) is 0 Å². The molecule has 0 spiro atoms. The molecular weight excluding hydrogens is 275 g/mol. The number of nitrogens with one attached hydrogen (secondary N) is 2. The van der Waals surface area contributed by atoms with Crippen LogP contribution >= 0.6 is 23.2 Å². The van der Waals surface area contributed by atoms with E-state index in [1.54, 1.807) is 25.1 Å². The minimum atomic E-state index is -0.457. The maximum Gasteiger partial charge on any atom is 0.319 e. The molecule has 6 heteroatoms. The van der Waals surface area contributed by atoms with Gasteiger partial charge in [-0.2, -0.15) is 0 Å². The van der Waals surface area contributed by atoms with Gasteiger partial charge in [0.05, 0.1) is 6.10 Å². The van der Waals surface area contributed by atoms with Crippen molar-refractivity contribution in [3.63, 3.8) is 0 Å². The summed E-state index contributed by atoms with van der Waals surface area (Å²) in [6.07, 6.45) is 0.0323. The molecule has 0 fully saturated rings. The number of aliphatic hydroxyl groups is 1. The van der Waals surface area contributed by atoms with E-state index in [0.717, 1.165) is 0 Å². The lowest BCUT2D eigenvalue weighted by molar-refractivity contribution is 0.171. The molecule has 0 aliphatic carbocycles. The standard InChI is InChI=1S/C12H16Cl2N2O2/c1-7(3-8(2)17)15-12(18)16-11-5-9(13)4-10(14)6-11/h4-8,17H,3H2,1-2H3,(H2,15,16,18). The lowest BCUT2D eigenvalue weighted by Gasteiger charge is -2.16. The van der Waals surface area contributed by atoms with E-state index in [9.17, 15) is 9.90 Å². The maximum atomic E-state index is 11.6. The van der Waals surface area contributed by atoms with Crippen LogP contribution in [0.3, 0.4) is 0 Å². The molecule has 4 nitrogen and oxygen atoms in total. The molecule has 2 amide bonds. The third-order valence-electron chi connectivity index (χ3n) is 2.19. The van der Waals surface area contributed by atoms with Gasteiger partial charge in [-0.05, 0) is 38.5 Å². The van der Waals surface area contributed by atoms with Crippen molar-refractivity contribution in [2.75, 3.05) is 5.32 Å². The van der Waals surface area contributed by atoms with Gasteiger partial charge in [-0.3, -0.25) is 0 Å². The number of benzene rings is 1. The zero-order valence-electron chi connectivity index (χ0n) is 10.2. The van der Waals surface area contributed by atoms with Gasteiger partial charge in [0.2, 0.25) is 0 Å². The number of carbonyl (C=O) groups excluding carboxylic acids is 1. The monoisotopic (exact) mass is 290 g/mol. The molecular formula is C12H16Cl2N2O2. The van der Waals surface area contributed by atoms with Crippen molar-refractivity contribution < 1.29 is 9.90 Å². The molecule has 2 atom stereocenters. The quantitative estimate of drug-likeness (QED) is 0.797. The molecule has 0 aromatic heterocycles. The van der Waals surface area contributed by atoms with Gasteiger partial charge in [0, 0.05) is 21.8 Å². The first kappa shape index (κ1) is 15.1. The molecule has 0 saturated heterocycles. The SMILES string of the molecule is CC(O)CC(C)NC(=O)Nc1cc(Cl)cc(Cl)c1. The topological polar surface area (TPSA) is 61.4 Å². The van der Waals surface area contributed by atoms with Crippen LogP contribution in [0.15, 0.2) is 18.2 Å². The van der Waals surface area contributed by atoms with Crippen molar-refractivity contribution >= 4 is 34.9 Å². The summed E-state index contributed by atoms with van der Waals surface area (Å²) in [4.78, 5) is 11.6. The zero-order chi connectivity index (χ0) is 13.7. The number of halogens is 2. The van der Waals surface area contributed by atoms with Crippen molar-refractivity contribution in [2.45, 2.75) is 32.4 Å². The first-order valence-corrected chi connectivity index (χ1v) is 6.34. The summed E-state index contributed by atoms with van der Waals surface area (Å²) in [5, 5.41) is 15.4. The molecule has 0 saturated carbocycles. The highest BCUT2D eigenvalue weighted by Gasteiger charge is 2.10. The van der Waals surface area contributed by atoms with E-state index in [1.165, 1.54) is 0 Å². The second kappa shape index (κ2) is 6.83. The average Bonchev–Trinajstić information content (AvgIpc) is 2.12. The maximum absolute atomic E-state index is 11.6. The van der Waals surface area contributed by atoms with Crippen LogP contribution in [0.1, 0.15) is 20.3 Å². The van der Waals surface area contributed by atoms with Gasteiger partial charge in [0.25, 0.3) is 0 Å². The summed E-state index contributed by atoms with van der Waals surface area (Å²) < 4.78 is 0. The van der Waals surface area contributed by atoms with Crippen LogP contribution in [0.4, 0.5) is 10.5 Å². The number of urea groups is 1. The molecule has 0 bridgehead atoms. The number of amides is 2. The Bertz CT molecular complexity index is 404. The van der Waals surface area contributed by atoms with Crippen molar-refractivity contribution in [3.05, 3.63) is 28.2 Å². The third-order valence-corrected chi connectivity index (χ3v) is 2.63. The fourth-order valence-corrected chi connectivity index (χ4v) is 2.11. The van der Waals surface area contributed by atoms with Gasteiger partial charge >= 0.3 is 6.03 Å². The van der Waals surface area contributed by atoms with Crippen LogP contribution in [-0.4, -0.2) is 23.3 Å². The van der Waals surface area contributed by atoms with Gasteiger partial charge in [0.1, 0.15) is 0 Å². The van der Waals surface area contributed by atoms with E-state index >= 15 is 0 Å². The summed E-state index contributed by atoms with van der Waals surface area (Å²) >= 11 is 11.6. The van der Waals surface area contributed by atoms with E-state index in [2.05, 4.69) is 10.6 Å².